The molecular weight excluding hydrogens is 377 g/mol. The molecular formula is C25H49NO2P+. The van der Waals surface area contributed by atoms with Crippen LogP contribution in [0.25, 0.3) is 0 Å². The van der Waals surface area contributed by atoms with Gasteiger partial charge in [-0.3, -0.25) is 4.48 Å². The normalized spacial score (nSPS) is 15.3. The fourth-order valence-electron chi connectivity index (χ4n) is 3.98. The molecule has 3 nitrogen and oxygen atoms in total. The third-order valence-electron chi connectivity index (χ3n) is 5.99. The SMILES string of the molecule is CCCCCC/C=C\CCCC/C=C\CCCCC(CCC)([P+](=O)[O-])[N+](C)(C)C. The molecule has 2 unspecified atom stereocenters. The van der Waals surface area contributed by atoms with E-state index < -0.39 is 13.3 Å². The summed E-state index contributed by atoms with van der Waals surface area (Å²) in [5, 5.41) is -0.614. The second kappa shape index (κ2) is 17.2. The van der Waals surface area contributed by atoms with Crippen molar-refractivity contribution in [3.05, 3.63) is 24.3 Å². The van der Waals surface area contributed by atoms with Gasteiger partial charge in [0.25, 0.3) is 5.28 Å². The van der Waals surface area contributed by atoms with Gasteiger partial charge in [0.15, 0.2) is 0 Å². The standard InChI is InChI=1S/C25H49NO2P/c1-6-8-9-10-11-12-13-14-15-16-17-18-19-20-21-22-24-25(23-7-2,29(27)28)26(3,4)5/h12-13,18-19H,6-11,14-17,20-24H2,1-5H3/q+1/b13-12-,19-18-. The molecule has 0 saturated heterocycles. The third-order valence-corrected chi connectivity index (χ3v) is 7.71. The summed E-state index contributed by atoms with van der Waals surface area (Å²) in [7, 11) is 3.61. The minimum absolute atomic E-state index is 0.503. The number of hydrogen-bond acceptors (Lipinski definition) is 2. The molecule has 4 heteroatoms. The smallest absolute Gasteiger partial charge is 0.376 e. The highest BCUT2D eigenvalue weighted by Crippen LogP contribution is 2.45. The zero-order chi connectivity index (χ0) is 22.0. The lowest BCUT2D eigenvalue weighted by Gasteiger charge is -2.39. The lowest BCUT2D eigenvalue weighted by molar-refractivity contribution is -0.910. The largest absolute Gasteiger partial charge is 0.590 e. The van der Waals surface area contributed by atoms with Crippen molar-refractivity contribution in [2.24, 2.45) is 0 Å². The molecule has 0 fully saturated rings. The van der Waals surface area contributed by atoms with Gasteiger partial charge >= 0.3 is 8.03 Å². The van der Waals surface area contributed by atoms with Crippen molar-refractivity contribution >= 4 is 8.03 Å². The Bertz CT molecular complexity index is 468. The molecule has 0 bridgehead atoms. The van der Waals surface area contributed by atoms with Crippen LogP contribution < -0.4 is 4.89 Å². The fraction of sp³-hybridized carbons (Fsp3) is 0.840. The van der Waals surface area contributed by atoms with Crippen LogP contribution >= 0.6 is 8.03 Å². The lowest BCUT2D eigenvalue weighted by Crippen LogP contribution is -2.55. The molecule has 29 heavy (non-hydrogen) atoms. The maximum atomic E-state index is 12.1. The quantitative estimate of drug-likeness (QED) is 0.0928. The second-order valence-corrected chi connectivity index (χ2v) is 10.7. The highest BCUT2D eigenvalue weighted by molar-refractivity contribution is 7.38. The average molecular weight is 427 g/mol. The molecule has 0 aliphatic carbocycles. The Balaban J connectivity index is 3.88. The topological polar surface area (TPSA) is 40.1 Å². The molecule has 0 amide bonds. The maximum absolute atomic E-state index is 12.1. The van der Waals surface area contributed by atoms with Crippen LogP contribution in [0.15, 0.2) is 24.3 Å². The molecule has 2 atom stereocenters. The monoisotopic (exact) mass is 426 g/mol. The van der Waals surface area contributed by atoms with Crippen molar-refractivity contribution in [1.82, 2.24) is 0 Å². The number of hydrogen-bond donors (Lipinski definition) is 0. The van der Waals surface area contributed by atoms with E-state index in [1.54, 1.807) is 0 Å². The first kappa shape index (κ1) is 28.5. The Morgan fingerprint density at radius 1 is 0.690 bits per heavy atom. The van der Waals surface area contributed by atoms with E-state index in [9.17, 15) is 9.46 Å². The van der Waals surface area contributed by atoms with E-state index in [0.717, 1.165) is 44.9 Å². The van der Waals surface area contributed by atoms with Crippen LogP contribution in [0.1, 0.15) is 110 Å². The van der Waals surface area contributed by atoms with E-state index in [1.807, 2.05) is 21.1 Å². The van der Waals surface area contributed by atoms with Crippen molar-refractivity contribution in [2.75, 3.05) is 21.1 Å². The molecule has 0 spiro atoms. The molecule has 0 rings (SSSR count). The van der Waals surface area contributed by atoms with Crippen LogP contribution in [0.5, 0.6) is 0 Å². The zero-order valence-corrected chi connectivity index (χ0v) is 21.0. The fourth-order valence-corrected chi connectivity index (χ4v) is 5.22. The molecule has 0 saturated carbocycles. The molecule has 0 aliphatic heterocycles. The van der Waals surface area contributed by atoms with Crippen LogP contribution in [-0.4, -0.2) is 30.9 Å². The molecule has 0 heterocycles. The van der Waals surface area contributed by atoms with E-state index in [-0.39, 0.29) is 0 Å². The van der Waals surface area contributed by atoms with Gasteiger partial charge in [0, 0.05) is 12.8 Å². The Morgan fingerprint density at radius 3 is 1.52 bits per heavy atom. The first-order chi connectivity index (χ1) is 13.8. The Hall–Kier alpha value is -0.500. The van der Waals surface area contributed by atoms with Gasteiger partial charge in [-0.1, -0.05) is 62.0 Å². The predicted octanol–water partition coefficient (Wildman–Crippen LogP) is 7.50. The van der Waals surface area contributed by atoms with Crippen LogP contribution in [0.3, 0.4) is 0 Å². The number of allylic oxidation sites excluding steroid dienone is 4. The number of unbranched alkanes of at least 4 members (excludes halogenated alkanes) is 9. The van der Waals surface area contributed by atoms with Crippen molar-refractivity contribution in [2.45, 2.75) is 115 Å². The summed E-state index contributed by atoms with van der Waals surface area (Å²) >= 11 is 0. The summed E-state index contributed by atoms with van der Waals surface area (Å²) in [6, 6.07) is 0. The third kappa shape index (κ3) is 12.7. The van der Waals surface area contributed by atoms with Gasteiger partial charge in [-0.25, -0.2) is 0 Å². The van der Waals surface area contributed by atoms with Crippen LogP contribution in [0.2, 0.25) is 0 Å². The summed E-state index contributed by atoms with van der Waals surface area (Å²) in [6.07, 6.45) is 26.4. The first-order valence-electron chi connectivity index (χ1n) is 12.1. The summed E-state index contributed by atoms with van der Waals surface area (Å²) in [4.78, 5) is 12.1. The van der Waals surface area contributed by atoms with Crippen molar-refractivity contribution in [3.8, 4) is 0 Å². The van der Waals surface area contributed by atoms with Gasteiger partial charge in [-0.15, -0.1) is 0 Å². The summed E-state index contributed by atoms with van der Waals surface area (Å²) in [6.45, 7) is 4.34. The Labute approximate surface area is 183 Å². The van der Waals surface area contributed by atoms with Gasteiger partial charge in [0.1, 0.15) is 0 Å². The van der Waals surface area contributed by atoms with E-state index in [2.05, 4.69) is 38.2 Å². The molecule has 170 valence electrons. The highest BCUT2D eigenvalue weighted by atomic mass is 31.1. The van der Waals surface area contributed by atoms with Crippen LogP contribution in [-0.2, 0) is 4.57 Å². The Kier molecular flexibility index (Phi) is 16.9. The molecule has 0 radical (unpaired) electrons. The van der Waals surface area contributed by atoms with Gasteiger partial charge in [-0.2, -0.15) is 0 Å². The predicted molar refractivity (Wildman–Crippen MR) is 127 cm³/mol. The van der Waals surface area contributed by atoms with Crippen molar-refractivity contribution in [1.29, 1.82) is 0 Å². The van der Waals surface area contributed by atoms with Gasteiger partial charge in [0.05, 0.1) is 21.1 Å². The van der Waals surface area contributed by atoms with E-state index in [4.69, 9.17) is 0 Å². The van der Waals surface area contributed by atoms with Crippen LogP contribution in [0, 0.1) is 0 Å². The highest BCUT2D eigenvalue weighted by Gasteiger charge is 2.53. The van der Waals surface area contributed by atoms with E-state index in [0.29, 0.717) is 4.48 Å². The maximum Gasteiger partial charge on any atom is 0.376 e. The zero-order valence-electron chi connectivity index (χ0n) is 20.1. The van der Waals surface area contributed by atoms with Crippen molar-refractivity contribution in [3.63, 3.8) is 0 Å². The Morgan fingerprint density at radius 2 is 1.14 bits per heavy atom. The van der Waals surface area contributed by atoms with Gasteiger partial charge < -0.3 is 4.89 Å². The molecule has 0 aromatic rings. The van der Waals surface area contributed by atoms with Gasteiger partial charge in [0.2, 0.25) is 0 Å². The average Bonchev–Trinajstić information content (AvgIpc) is 2.65. The van der Waals surface area contributed by atoms with E-state index >= 15 is 0 Å². The minimum atomic E-state index is -2.44. The molecule has 0 N–H and O–H groups in total. The number of quaternary nitrogens is 1. The summed E-state index contributed by atoms with van der Waals surface area (Å²) in [5.74, 6) is 0. The summed E-state index contributed by atoms with van der Waals surface area (Å²) < 4.78 is 12.6. The molecule has 0 aromatic carbocycles. The molecule has 0 aromatic heterocycles. The molecule has 0 aliphatic rings. The second-order valence-electron chi connectivity index (χ2n) is 9.32. The number of nitrogens with zero attached hydrogens (tertiary/aromatic N) is 1. The van der Waals surface area contributed by atoms with Crippen LogP contribution in [0.4, 0.5) is 0 Å². The lowest BCUT2D eigenvalue weighted by atomic mass is 10.00. The first-order valence-corrected chi connectivity index (χ1v) is 13.3. The number of rotatable bonds is 19. The summed E-state index contributed by atoms with van der Waals surface area (Å²) in [5.41, 5.74) is 0. The van der Waals surface area contributed by atoms with Gasteiger partial charge in [-0.05, 0) is 64.2 Å². The van der Waals surface area contributed by atoms with E-state index in [1.165, 1.54) is 51.4 Å². The van der Waals surface area contributed by atoms with Crippen molar-refractivity contribution < 1.29 is 13.9 Å². The minimum Gasteiger partial charge on any atom is -0.590 e.